The number of hydrogen-bond donors (Lipinski definition) is 2. The Morgan fingerprint density at radius 2 is 2.28 bits per heavy atom. The highest BCUT2D eigenvalue weighted by molar-refractivity contribution is 5.80. The lowest BCUT2D eigenvalue weighted by atomic mass is 9.54. The summed E-state index contributed by atoms with van der Waals surface area (Å²) < 4.78 is 11.5. The van der Waals surface area contributed by atoms with Crippen LogP contribution in [0.5, 0.6) is 0 Å². The number of furan rings is 1. The highest BCUT2D eigenvalue weighted by Crippen LogP contribution is 2.60. The molecule has 5 nitrogen and oxygen atoms in total. The predicted octanol–water partition coefficient (Wildman–Crippen LogP) is 2.89. The first kappa shape index (κ1) is 16.7. The topological polar surface area (TPSA) is 58.8 Å². The molecule has 1 aromatic rings. The zero-order valence-corrected chi connectivity index (χ0v) is 14.9. The monoisotopic (exact) mass is 343 g/mol. The maximum absolute atomic E-state index is 6.08. The van der Waals surface area contributed by atoms with E-state index in [1.165, 1.54) is 32.1 Å². The molecule has 0 aromatic carbocycles. The molecular weight excluding hydrogens is 314 g/mol. The molecule has 1 aliphatic heterocycles. The van der Waals surface area contributed by atoms with Gasteiger partial charge in [0.15, 0.2) is 5.96 Å². The van der Waals surface area contributed by atoms with E-state index in [1.807, 2.05) is 18.2 Å². The van der Waals surface area contributed by atoms with Crippen molar-refractivity contribution in [3.63, 3.8) is 0 Å². The first-order chi connectivity index (χ1) is 12.3. The molecular formula is C20H29N3O2. The van der Waals surface area contributed by atoms with Crippen LogP contribution in [0.1, 0.15) is 37.9 Å². The second-order valence-electron chi connectivity index (χ2n) is 7.54. The highest BCUT2D eigenvalue weighted by Gasteiger charge is 2.65. The number of aliphatic imine (C=N–C) groups is 1. The molecule has 2 heterocycles. The summed E-state index contributed by atoms with van der Waals surface area (Å²) in [4.78, 5) is 4.77. The van der Waals surface area contributed by atoms with Crippen molar-refractivity contribution in [1.82, 2.24) is 10.6 Å². The van der Waals surface area contributed by atoms with E-state index in [0.29, 0.717) is 30.0 Å². The number of hydrogen-bond acceptors (Lipinski definition) is 3. The van der Waals surface area contributed by atoms with Crippen LogP contribution in [0.15, 0.2) is 40.5 Å². The first-order valence-corrected chi connectivity index (χ1v) is 9.63. The fraction of sp³-hybridized carbons (Fsp3) is 0.650. The summed E-state index contributed by atoms with van der Waals surface area (Å²) in [5, 5.41) is 7.14. The van der Waals surface area contributed by atoms with Crippen molar-refractivity contribution in [3.05, 3.63) is 36.8 Å². The Morgan fingerprint density at radius 3 is 3.04 bits per heavy atom. The number of fused-ring (bicyclic) bond motifs is 2. The van der Waals surface area contributed by atoms with Gasteiger partial charge in [0.1, 0.15) is 5.76 Å². The minimum absolute atomic E-state index is 0.332. The zero-order chi connectivity index (χ0) is 17.1. The minimum Gasteiger partial charge on any atom is -0.469 e. The van der Waals surface area contributed by atoms with Crippen molar-refractivity contribution in [2.24, 2.45) is 16.3 Å². The van der Waals surface area contributed by atoms with E-state index in [2.05, 4.69) is 17.2 Å². The molecule has 1 spiro atoms. The van der Waals surface area contributed by atoms with Gasteiger partial charge in [0, 0.05) is 43.5 Å². The van der Waals surface area contributed by atoms with Gasteiger partial charge in [0.05, 0.1) is 12.4 Å². The first-order valence-electron chi connectivity index (χ1n) is 9.63. The van der Waals surface area contributed by atoms with Crippen LogP contribution in [0.2, 0.25) is 0 Å². The summed E-state index contributed by atoms with van der Waals surface area (Å²) >= 11 is 0. The minimum atomic E-state index is 0.332. The van der Waals surface area contributed by atoms with Gasteiger partial charge in [-0.3, -0.25) is 4.99 Å². The van der Waals surface area contributed by atoms with Crippen LogP contribution < -0.4 is 10.6 Å². The molecule has 2 N–H and O–H groups in total. The molecule has 3 atom stereocenters. The maximum Gasteiger partial charge on any atom is 0.191 e. The molecule has 2 aliphatic carbocycles. The van der Waals surface area contributed by atoms with Gasteiger partial charge in [-0.05, 0) is 31.4 Å². The van der Waals surface area contributed by atoms with Crippen LogP contribution in [0.25, 0.3) is 0 Å². The van der Waals surface area contributed by atoms with Crippen LogP contribution >= 0.6 is 0 Å². The van der Waals surface area contributed by atoms with Crippen LogP contribution in [0.3, 0.4) is 0 Å². The largest absolute Gasteiger partial charge is 0.469 e. The predicted molar refractivity (Wildman–Crippen MR) is 98.6 cm³/mol. The molecule has 1 aromatic heterocycles. The Labute approximate surface area is 149 Å². The number of rotatable bonds is 6. The lowest BCUT2D eigenvalue weighted by Crippen LogP contribution is -2.69. The normalized spacial score (nSPS) is 30.1. The summed E-state index contributed by atoms with van der Waals surface area (Å²) in [5.74, 6) is 2.51. The Bertz CT molecular complexity index is 604. The van der Waals surface area contributed by atoms with Gasteiger partial charge < -0.3 is 19.8 Å². The molecule has 0 radical (unpaired) electrons. The fourth-order valence-electron chi connectivity index (χ4n) is 5.11. The Morgan fingerprint density at radius 1 is 1.40 bits per heavy atom. The SMILES string of the molecule is C=CCNC(=NCCc1ccco1)NC1C2CCOC2C12CCCC2. The van der Waals surface area contributed by atoms with Crippen LogP contribution in [0.4, 0.5) is 0 Å². The molecule has 0 bridgehead atoms. The van der Waals surface area contributed by atoms with E-state index in [1.54, 1.807) is 6.26 Å². The summed E-state index contributed by atoms with van der Waals surface area (Å²) in [6.45, 7) is 6.16. The van der Waals surface area contributed by atoms with Crippen LogP contribution in [-0.4, -0.2) is 37.8 Å². The molecule has 3 unspecified atom stereocenters. The van der Waals surface area contributed by atoms with Crippen molar-refractivity contribution in [1.29, 1.82) is 0 Å². The molecule has 5 heteroatoms. The molecule has 0 amide bonds. The molecule has 2 saturated carbocycles. The van der Waals surface area contributed by atoms with Gasteiger partial charge in [-0.25, -0.2) is 0 Å². The van der Waals surface area contributed by atoms with E-state index < -0.39 is 0 Å². The number of ether oxygens (including phenoxy) is 1. The van der Waals surface area contributed by atoms with Gasteiger partial charge >= 0.3 is 0 Å². The molecule has 3 fully saturated rings. The van der Waals surface area contributed by atoms with Crippen molar-refractivity contribution in [3.8, 4) is 0 Å². The molecule has 3 aliphatic rings. The highest BCUT2D eigenvalue weighted by atomic mass is 16.5. The van der Waals surface area contributed by atoms with Crippen molar-refractivity contribution in [2.75, 3.05) is 19.7 Å². The van der Waals surface area contributed by atoms with Crippen molar-refractivity contribution < 1.29 is 9.15 Å². The van der Waals surface area contributed by atoms with E-state index in [-0.39, 0.29) is 0 Å². The number of nitrogens with one attached hydrogen (secondary N) is 2. The third-order valence-corrected chi connectivity index (χ3v) is 6.20. The Hall–Kier alpha value is -1.75. The average molecular weight is 343 g/mol. The summed E-state index contributed by atoms with van der Waals surface area (Å²) in [6.07, 6.45) is 11.3. The van der Waals surface area contributed by atoms with Gasteiger partial charge in [-0.2, -0.15) is 0 Å². The number of nitrogens with zero attached hydrogens (tertiary/aromatic N) is 1. The van der Waals surface area contributed by atoms with Crippen LogP contribution in [0, 0.1) is 11.3 Å². The van der Waals surface area contributed by atoms with Gasteiger partial charge in [-0.1, -0.05) is 18.9 Å². The summed E-state index contributed by atoms with van der Waals surface area (Å²) in [5.41, 5.74) is 0.332. The smallest absolute Gasteiger partial charge is 0.191 e. The second kappa shape index (κ2) is 7.24. The van der Waals surface area contributed by atoms with Gasteiger partial charge in [0.25, 0.3) is 0 Å². The van der Waals surface area contributed by atoms with Crippen molar-refractivity contribution in [2.45, 2.75) is 50.7 Å². The summed E-state index contributed by atoms with van der Waals surface area (Å²) in [6, 6.07) is 4.41. The number of guanidine groups is 1. The summed E-state index contributed by atoms with van der Waals surface area (Å²) in [7, 11) is 0. The average Bonchev–Trinajstić information content (AvgIpc) is 3.37. The van der Waals surface area contributed by atoms with E-state index in [4.69, 9.17) is 14.1 Å². The third-order valence-electron chi connectivity index (χ3n) is 6.20. The lowest BCUT2D eigenvalue weighted by molar-refractivity contribution is -0.125. The molecule has 25 heavy (non-hydrogen) atoms. The van der Waals surface area contributed by atoms with Gasteiger partial charge in [-0.15, -0.1) is 6.58 Å². The Kier molecular flexibility index (Phi) is 4.84. The third kappa shape index (κ3) is 3.10. The van der Waals surface area contributed by atoms with E-state index >= 15 is 0 Å². The quantitative estimate of drug-likeness (QED) is 0.474. The second-order valence-corrected chi connectivity index (χ2v) is 7.54. The van der Waals surface area contributed by atoms with Gasteiger partial charge in [0.2, 0.25) is 0 Å². The van der Waals surface area contributed by atoms with Crippen molar-refractivity contribution >= 4 is 5.96 Å². The van der Waals surface area contributed by atoms with E-state index in [9.17, 15) is 0 Å². The van der Waals surface area contributed by atoms with E-state index in [0.717, 1.165) is 31.3 Å². The maximum atomic E-state index is 6.08. The molecule has 136 valence electrons. The molecule has 1 saturated heterocycles. The lowest BCUT2D eigenvalue weighted by Gasteiger charge is -2.57. The molecule has 4 rings (SSSR count). The Balaban J connectivity index is 1.43. The zero-order valence-electron chi connectivity index (χ0n) is 14.9. The van der Waals surface area contributed by atoms with Crippen LogP contribution in [-0.2, 0) is 11.2 Å². The standard InChI is InChI=1S/C20H29N3O2/c1-2-11-21-19(22-12-7-15-6-5-13-24-15)23-17-16-8-14-25-18(16)20(17)9-3-4-10-20/h2,5-6,13,16-18H,1,3-4,7-12,14H2,(H2,21,22,23). The fourth-order valence-corrected chi connectivity index (χ4v) is 5.11.